The van der Waals surface area contributed by atoms with Crippen LogP contribution < -0.4 is 5.73 Å². The fraction of sp³-hybridized carbons (Fsp3) is 0.308. The second kappa shape index (κ2) is 5.55. The standard InChI is InChI=1S/C13H15Br2N3/c1-8-13(15)9(2)18(17-8)12(7-16)10-3-5-11(14)6-4-10/h3-6,12H,7,16H2,1-2H3. The molecule has 0 aliphatic carbocycles. The molecule has 5 heteroatoms. The maximum atomic E-state index is 5.92. The summed E-state index contributed by atoms with van der Waals surface area (Å²) in [6.45, 7) is 4.56. The third-order valence-corrected chi connectivity index (χ3v) is 4.69. The molecule has 2 rings (SSSR count). The van der Waals surface area contributed by atoms with Crippen LogP contribution >= 0.6 is 31.9 Å². The lowest BCUT2D eigenvalue weighted by Crippen LogP contribution is -2.22. The summed E-state index contributed by atoms with van der Waals surface area (Å²) in [5.41, 5.74) is 9.17. The van der Waals surface area contributed by atoms with Crippen molar-refractivity contribution in [3.8, 4) is 0 Å². The van der Waals surface area contributed by atoms with Crippen molar-refractivity contribution in [2.24, 2.45) is 5.73 Å². The van der Waals surface area contributed by atoms with Crippen LogP contribution in [0.4, 0.5) is 0 Å². The molecule has 2 N–H and O–H groups in total. The van der Waals surface area contributed by atoms with E-state index in [0.717, 1.165) is 20.3 Å². The van der Waals surface area contributed by atoms with Crippen molar-refractivity contribution in [1.29, 1.82) is 0 Å². The summed E-state index contributed by atoms with van der Waals surface area (Å²) in [7, 11) is 0. The van der Waals surface area contributed by atoms with Crippen molar-refractivity contribution in [3.63, 3.8) is 0 Å². The average molecular weight is 373 g/mol. The minimum absolute atomic E-state index is 0.0723. The molecule has 0 saturated heterocycles. The Bertz CT molecular complexity index is 546. The van der Waals surface area contributed by atoms with Gasteiger partial charge in [-0.1, -0.05) is 28.1 Å². The molecule has 0 saturated carbocycles. The van der Waals surface area contributed by atoms with E-state index in [1.54, 1.807) is 0 Å². The lowest BCUT2D eigenvalue weighted by atomic mass is 10.1. The number of rotatable bonds is 3. The molecule has 1 aromatic carbocycles. The molecular formula is C13H15Br2N3. The van der Waals surface area contributed by atoms with Crippen LogP contribution in [0.25, 0.3) is 0 Å². The van der Waals surface area contributed by atoms with Gasteiger partial charge in [0.25, 0.3) is 0 Å². The van der Waals surface area contributed by atoms with Gasteiger partial charge in [-0.25, -0.2) is 0 Å². The summed E-state index contributed by atoms with van der Waals surface area (Å²) >= 11 is 6.99. The predicted octanol–water partition coefficient (Wildman–Crippen LogP) is 3.57. The largest absolute Gasteiger partial charge is 0.328 e. The minimum atomic E-state index is 0.0723. The molecule has 0 radical (unpaired) electrons. The Morgan fingerprint density at radius 2 is 1.83 bits per heavy atom. The van der Waals surface area contributed by atoms with E-state index < -0.39 is 0 Å². The number of aryl methyl sites for hydroxylation is 1. The molecule has 0 aliphatic heterocycles. The van der Waals surface area contributed by atoms with E-state index >= 15 is 0 Å². The Labute approximate surface area is 124 Å². The second-order valence-corrected chi connectivity index (χ2v) is 5.94. The van der Waals surface area contributed by atoms with E-state index in [0.29, 0.717) is 6.54 Å². The van der Waals surface area contributed by atoms with Crippen LogP contribution in [0.3, 0.4) is 0 Å². The van der Waals surface area contributed by atoms with E-state index in [-0.39, 0.29) is 6.04 Å². The number of hydrogen-bond donors (Lipinski definition) is 1. The van der Waals surface area contributed by atoms with E-state index in [1.807, 2.05) is 30.7 Å². The van der Waals surface area contributed by atoms with Gasteiger partial charge in [-0.3, -0.25) is 4.68 Å². The molecular weight excluding hydrogens is 358 g/mol. The summed E-state index contributed by atoms with van der Waals surface area (Å²) in [5, 5.41) is 4.56. The highest BCUT2D eigenvalue weighted by Gasteiger charge is 2.18. The van der Waals surface area contributed by atoms with Crippen LogP contribution in [0.5, 0.6) is 0 Å². The number of hydrogen-bond acceptors (Lipinski definition) is 2. The zero-order valence-electron chi connectivity index (χ0n) is 10.3. The summed E-state index contributed by atoms with van der Waals surface area (Å²) in [6.07, 6.45) is 0. The van der Waals surface area contributed by atoms with Gasteiger partial charge in [0.2, 0.25) is 0 Å². The first-order valence-electron chi connectivity index (χ1n) is 5.71. The maximum absolute atomic E-state index is 5.92. The molecule has 1 atom stereocenters. The lowest BCUT2D eigenvalue weighted by Gasteiger charge is -2.18. The van der Waals surface area contributed by atoms with Crippen LogP contribution in [-0.2, 0) is 0 Å². The fourth-order valence-electron chi connectivity index (χ4n) is 2.01. The summed E-state index contributed by atoms with van der Waals surface area (Å²) in [6, 6.07) is 8.28. The molecule has 0 bridgehead atoms. The van der Waals surface area contributed by atoms with Crippen LogP contribution in [0, 0.1) is 13.8 Å². The Hall–Kier alpha value is -0.650. The van der Waals surface area contributed by atoms with Gasteiger partial charge in [-0.2, -0.15) is 5.10 Å². The van der Waals surface area contributed by atoms with E-state index in [2.05, 4.69) is 49.1 Å². The average Bonchev–Trinajstić information content (AvgIpc) is 2.61. The summed E-state index contributed by atoms with van der Waals surface area (Å²) < 4.78 is 4.11. The lowest BCUT2D eigenvalue weighted by molar-refractivity contribution is 0.516. The van der Waals surface area contributed by atoms with Crippen molar-refractivity contribution in [3.05, 3.63) is 50.2 Å². The van der Waals surface area contributed by atoms with Crippen molar-refractivity contribution in [2.75, 3.05) is 6.54 Å². The van der Waals surface area contributed by atoms with Crippen molar-refractivity contribution in [2.45, 2.75) is 19.9 Å². The molecule has 1 aromatic heterocycles. The first kappa shape index (κ1) is 13.8. The van der Waals surface area contributed by atoms with Gasteiger partial charge in [0, 0.05) is 11.0 Å². The second-order valence-electron chi connectivity index (χ2n) is 4.23. The molecule has 1 unspecified atom stereocenters. The Balaban J connectivity index is 2.45. The molecule has 3 nitrogen and oxygen atoms in total. The zero-order valence-corrected chi connectivity index (χ0v) is 13.5. The SMILES string of the molecule is Cc1nn(C(CN)c2ccc(Br)cc2)c(C)c1Br. The number of nitrogens with zero attached hydrogens (tertiary/aromatic N) is 2. The predicted molar refractivity (Wildman–Crippen MR) is 80.7 cm³/mol. The smallest absolute Gasteiger partial charge is 0.0894 e. The number of halogens is 2. The maximum Gasteiger partial charge on any atom is 0.0894 e. The van der Waals surface area contributed by atoms with Crippen molar-refractivity contribution >= 4 is 31.9 Å². The Morgan fingerprint density at radius 1 is 1.22 bits per heavy atom. The topological polar surface area (TPSA) is 43.8 Å². The van der Waals surface area contributed by atoms with Crippen LogP contribution in [0.2, 0.25) is 0 Å². The highest BCUT2D eigenvalue weighted by Crippen LogP contribution is 2.26. The normalized spacial score (nSPS) is 12.7. The van der Waals surface area contributed by atoms with E-state index in [1.165, 1.54) is 5.56 Å². The molecule has 18 heavy (non-hydrogen) atoms. The van der Waals surface area contributed by atoms with Gasteiger partial charge in [-0.15, -0.1) is 0 Å². The molecule has 0 spiro atoms. The highest BCUT2D eigenvalue weighted by molar-refractivity contribution is 9.10. The molecule has 0 fully saturated rings. The quantitative estimate of drug-likeness (QED) is 0.894. The van der Waals surface area contributed by atoms with Crippen LogP contribution in [-0.4, -0.2) is 16.3 Å². The number of aromatic nitrogens is 2. The van der Waals surface area contributed by atoms with E-state index in [9.17, 15) is 0 Å². The molecule has 0 amide bonds. The van der Waals surface area contributed by atoms with Gasteiger partial charge in [0.1, 0.15) is 0 Å². The number of benzene rings is 1. The fourth-order valence-corrected chi connectivity index (χ4v) is 2.53. The van der Waals surface area contributed by atoms with Gasteiger partial charge in [-0.05, 0) is 47.5 Å². The zero-order chi connectivity index (χ0) is 13.3. The molecule has 1 heterocycles. The van der Waals surface area contributed by atoms with Gasteiger partial charge in [0.05, 0.1) is 21.9 Å². The van der Waals surface area contributed by atoms with Gasteiger partial charge < -0.3 is 5.73 Å². The molecule has 96 valence electrons. The highest BCUT2D eigenvalue weighted by atomic mass is 79.9. The van der Waals surface area contributed by atoms with Crippen molar-refractivity contribution in [1.82, 2.24) is 9.78 Å². The third kappa shape index (κ3) is 2.53. The van der Waals surface area contributed by atoms with Crippen LogP contribution in [0.15, 0.2) is 33.2 Å². The summed E-state index contributed by atoms with van der Waals surface area (Å²) in [4.78, 5) is 0. The third-order valence-electron chi connectivity index (χ3n) is 3.01. The Morgan fingerprint density at radius 3 is 2.28 bits per heavy atom. The first-order chi connectivity index (χ1) is 8.54. The van der Waals surface area contributed by atoms with E-state index in [4.69, 9.17) is 5.73 Å². The molecule has 2 aromatic rings. The van der Waals surface area contributed by atoms with Gasteiger partial charge in [0.15, 0.2) is 0 Å². The molecule has 0 aliphatic rings. The van der Waals surface area contributed by atoms with Crippen molar-refractivity contribution < 1.29 is 0 Å². The number of nitrogens with two attached hydrogens (primary N) is 1. The summed E-state index contributed by atoms with van der Waals surface area (Å²) in [5.74, 6) is 0. The van der Waals surface area contributed by atoms with Crippen LogP contribution in [0.1, 0.15) is 23.0 Å². The minimum Gasteiger partial charge on any atom is -0.328 e. The Kier molecular flexibility index (Phi) is 4.25. The van der Waals surface area contributed by atoms with Gasteiger partial charge >= 0.3 is 0 Å². The monoisotopic (exact) mass is 371 g/mol. The first-order valence-corrected chi connectivity index (χ1v) is 7.30.